The molecule has 0 N–H and O–H groups in total. The van der Waals surface area contributed by atoms with Gasteiger partial charge >= 0.3 is 0 Å². The lowest BCUT2D eigenvalue weighted by molar-refractivity contribution is 0.566. The molecule has 0 unspecified atom stereocenters. The van der Waals surface area contributed by atoms with Crippen LogP contribution in [0.15, 0.2) is 27.5 Å². The van der Waals surface area contributed by atoms with Crippen molar-refractivity contribution < 1.29 is 12.8 Å². The molecule has 1 aromatic rings. The highest BCUT2D eigenvalue weighted by Crippen LogP contribution is 2.38. The number of sulfonamides is 1. The number of anilines is 1. The van der Waals surface area contributed by atoms with E-state index in [-0.39, 0.29) is 10.9 Å². The average Bonchev–Trinajstić information content (AvgIpc) is 3.01. The molecule has 1 fully saturated rings. The molecule has 0 bridgehead atoms. The maximum absolute atomic E-state index is 13.5. The fourth-order valence-electron chi connectivity index (χ4n) is 1.83. The van der Waals surface area contributed by atoms with Crippen molar-refractivity contribution in [1.29, 1.82) is 0 Å². The van der Waals surface area contributed by atoms with E-state index >= 15 is 0 Å². The predicted molar refractivity (Wildman–Crippen MR) is 57.6 cm³/mol. The minimum atomic E-state index is -3.86. The molecule has 2 aliphatic rings. The second kappa shape index (κ2) is 3.04. The zero-order valence-corrected chi connectivity index (χ0v) is 9.11. The van der Waals surface area contributed by atoms with Crippen LogP contribution >= 0.6 is 0 Å². The van der Waals surface area contributed by atoms with Crippen LogP contribution in [0, 0.1) is 5.82 Å². The smallest absolute Gasteiger partial charge is 0.288 e. The molecule has 1 saturated carbocycles. The van der Waals surface area contributed by atoms with Gasteiger partial charge < -0.3 is 4.90 Å². The maximum Gasteiger partial charge on any atom is 0.288 e. The van der Waals surface area contributed by atoms with Crippen molar-refractivity contribution in [2.45, 2.75) is 23.8 Å². The molecule has 1 aromatic carbocycles. The van der Waals surface area contributed by atoms with Gasteiger partial charge in [0.25, 0.3) is 10.0 Å². The summed E-state index contributed by atoms with van der Waals surface area (Å²) in [5, 5.41) is 0. The van der Waals surface area contributed by atoms with Crippen LogP contribution in [0.25, 0.3) is 0 Å². The topological polar surface area (TPSA) is 49.7 Å². The van der Waals surface area contributed by atoms with E-state index in [0.717, 1.165) is 18.9 Å². The Morgan fingerprint density at radius 3 is 2.81 bits per heavy atom. The van der Waals surface area contributed by atoms with Crippen molar-refractivity contribution in [3.63, 3.8) is 0 Å². The lowest BCUT2D eigenvalue weighted by Crippen LogP contribution is -2.29. The van der Waals surface area contributed by atoms with E-state index in [0.29, 0.717) is 5.69 Å². The maximum atomic E-state index is 13.5. The Balaban J connectivity index is 2.26. The van der Waals surface area contributed by atoms with Crippen LogP contribution in [0.2, 0.25) is 0 Å². The minimum absolute atomic E-state index is 0.264. The second-order valence-electron chi connectivity index (χ2n) is 3.92. The summed E-state index contributed by atoms with van der Waals surface area (Å²) in [6.45, 7) is 0. The number of benzene rings is 1. The van der Waals surface area contributed by atoms with Crippen LogP contribution < -0.4 is 4.90 Å². The minimum Gasteiger partial charge on any atom is -0.327 e. The summed E-state index contributed by atoms with van der Waals surface area (Å²) in [6.07, 6.45) is 3.26. The molecule has 0 saturated heterocycles. The average molecular weight is 240 g/mol. The molecule has 1 aliphatic heterocycles. The van der Waals surface area contributed by atoms with Gasteiger partial charge in [-0.15, -0.1) is 4.40 Å². The molecule has 84 valence electrons. The van der Waals surface area contributed by atoms with E-state index in [9.17, 15) is 12.8 Å². The zero-order valence-electron chi connectivity index (χ0n) is 8.30. The number of nitrogens with zero attached hydrogens (tertiary/aromatic N) is 2. The molecular formula is C10H9FN2O2S. The first kappa shape index (κ1) is 9.77. The summed E-state index contributed by atoms with van der Waals surface area (Å²) in [5.41, 5.74) is 0.400. The standard InChI is InChI=1S/C10H9FN2O2S/c11-8-2-1-3-9-10(8)16(14,15)12-6-13(9)7-4-5-7/h1-3,6-7H,4-5H2. The third-order valence-electron chi connectivity index (χ3n) is 2.73. The van der Waals surface area contributed by atoms with Crippen LogP contribution in [0.4, 0.5) is 10.1 Å². The van der Waals surface area contributed by atoms with Gasteiger partial charge in [0.15, 0.2) is 0 Å². The van der Waals surface area contributed by atoms with Crippen molar-refractivity contribution in [2.75, 3.05) is 4.90 Å². The molecule has 1 aliphatic carbocycles. The Hall–Kier alpha value is -1.43. The van der Waals surface area contributed by atoms with Gasteiger partial charge in [0.1, 0.15) is 17.1 Å². The summed E-state index contributed by atoms with van der Waals surface area (Å²) in [5.74, 6) is -0.736. The van der Waals surface area contributed by atoms with Crippen LogP contribution in [0.3, 0.4) is 0 Å². The SMILES string of the molecule is O=S1(=O)N=CN(C2CC2)c2cccc(F)c21. The van der Waals surface area contributed by atoms with Crippen LogP contribution in [0.1, 0.15) is 12.8 Å². The predicted octanol–water partition coefficient (Wildman–Crippen LogP) is 1.53. The van der Waals surface area contributed by atoms with Gasteiger partial charge in [-0.25, -0.2) is 4.39 Å². The van der Waals surface area contributed by atoms with Crippen molar-refractivity contribution in [3.05, 3.63) is 24.0 Å². The summed E-state index contributed by atoms with van der Waals surface area (Å²) < 4.78 is 40.2. The van der Waals surface area contributed by atoms with Crippen LogP contribution in [-0.4, -0.2) is 20.8 Å². The van der Waals surface area contributed by atoms with E-state index in [1.165, 1.54) is 12.4 Å². The van der Waals surface area contributed by atoms with Crippen molar-refractivity contribution in [1.82, 2.24) is 0 Å². The Labute approximate surface area is 92.5 Å². The zero-order chi connectivity index (χ0) is 11.3. The van der Waals surface area contributed by atoms with E-state index in [4.69, 9.17) is 0 Å². The third-order valence-corrected chi connectivity index (χ3v) is 4.02. The number of fused-ring (bicyclic) bond motifs is 1. The van der Waals surface area contributed by atoms with E-state index in [1.54, 1.807) is 11.0 Å². The van der Waals surface area contributed by atoms with Gasteiger partial charge in [-0.3, -0.25) is 0 Å². The molecule has 0 aromatic heterocycles. The number of hydrogen-bond donors (Lipinski definition) is 0. The molecule has 0 radical (unpaired) electrons. The number of rotatable bonds is 1. The van der Waals surface area contributed by atoms with Crippen molar-refractivity contribution in [3.8, 4) is 0 Å². The first-order valence-corrected chi connectivity index (χ1v) is 6.41. The van der Waals surface area contributed by atoms with Crippen molar-refractivity contribution >= 4 is 22.0 Å². The monoisotopic (exact) mass is 240 g/mol. The fourth-order valence-corrected chi connectivity index (χ4v) is 2.91. The van der Waals surface area contributed by atoms with Gasteiger partial charge in [0.2, 0.25) is 0 Å². The van der Waals surface area contributed by atoms with E-state index in [2.05, 4.69) is 4.40 Å². The van der Waals surface area contributed by atoms with Crippen LogP contribution in [0.5, 0.6) is 0 Å². The Kier molecular flexibility index (Phi) is 1.85. The third kappa shape index (κ3) is 1.33. The highest BCUT2D eigenvalue weighted by molar-refractivity contribution is 7.90. The van der Waals surface area contributed by atoms with Gasteiger partial charge in [-0.2, -0.15) is 8.42 Å². The fraction of sp³-hybridized carbons (Fsp3) is 0.300. The molecular weight excluding hydrogens is 231 g/mol. The Morgan fingerprint density at radius 2 is 2.12 bits per heavy atom. The second-order valence-corrected chi connectivity index (χ2v) is 5.49. The lowest BCUT2D eigenvalue weighted by Gasteiger charge is -2.24. The lowest BCUT2D eigenvalue weighted by atomic mass is 10.3. The molecule has 0 atom stereocenters. The number of hydrogen-bond acceptors (Lipinski definition) is 3. The van der Waals surface area contributed by atoms with Gasteiger partial charge in [0.05, 0.1) is 5.69 Å². The molecule has 4 nitrogen and oxygen atoms in total. The van der Waals surface area contributed by atoms with Crippen molar-refractivity contribution in [2.24, 2.45) is 4.40 Å². The highest BCUT2D eigenvalue weighted by Gasteiger charge is 2.36. The van der Waals surface area contributed by atoms with E-state index < -0.39 is 15.8 Å². The van der Waals surface area contributed by atoms with Gasteiger partial charge in [-0.05, 0) is 25.0 Å². The molecule has 16 heavy (non-hydrogen) atoms. The Morgan fingerprint density at radius 1 is 1.38 bits per heavy atom. The highest BCUT2D eigenvalue weighted by atomic mass is 32.2. The first-order valence-electron chi connectivity index (χ1n) is 4.97. The quantitative estimate of drug-likeness (QED) is 0.748. The normalized spacial score (nSPS) is 21.9. The summed E-state index contributed by atoms with van der Waals surface area (Å²) >= 11 is 0. The number of halogens is 1. The molecule has 6 heteroatoms. The summed E-state index contributed by atoms with van der Waals surface area (Å²) in [7, 11) is -3.86. The molecule has 1 heterocycles. The van der Waals surface area contributed by atoms with Gasteiger partial charge in [0, 0.05) is 6.04 Å². The molecule has 3 rings (SSSR count). The van der Waals surface area contributed by atoms with E-state index in [1.807, 2.05) is 0 Å². The van der Waals surface area contributed by atoms with Gasteiger partial charge in [-0.1, -0.05) is 6.07 Å². The largest absolute Gasteiger partial charge is 0.327 e. The summed E-state index contributed by atoms with van der Waals surface area (Å²) in [6, 6.07) is 4.53. The molecule has 0 spiro atoms. The molecule has 0 amide bonds. The van der Waals surface area contributed by atoms with Crippen LogP contribution in [-0.2, 0) is 10.0 Å². The Bertz CT molecular complexity index is 578. The first-order chi connectivity index (χ1) is 7.59. The summed E-state index contributed by atoms with van der Waals surface area (Å²) in [4.78, 5) is 1.43.